The van der Waals surface area contributed by atoms with Crippen LogP contribution in [0.15, 0.2) is 9.32 Å². The summed E-state index contributed by atoms with van der Waals surface area (Å²) in [4.78, 5) is 18.3. The van der Waals surface area contributed by atoms with Crippen molar-refractivity contribution in [2.75, 3.05) is 5.73 Å². The fourth-order valence-corrected chi connectivity index (χ4v) is 1.18. The van der Waals surface area contributed by atoms with Crippen LogP contribution in [0.3, 0.4) is 0 Å². The number of nitrogens with zero attached hydrogens (tertiary/aromatic N) is 2. The summed E-state index contributed by atoms with van der Waals surface area (Å²) in [6, 6.07) is 0. The van der Waals surface area contributed by atoms with Crippen molar-refractivity contribution in [1.29, 1.82) is 0 Å². The van der Waals surface area contributed by atoms with Crippen molar-refractivity contribution in [2.24, 2.45) is 0 Å². The van der Waals surface area contributed by atoms with Crippen molar-refractivity contribution >= 4 is 16.9 Å². The molecule has 6 nitrogen and oxygen atoms in total. The van der Waals surface area contributed by atoms with Crippen molar-refractivity contribution in [3.8, 4) is 0 Å². The van der Waals surface area contributed by atoms with Crippen LogP contribution >= 0.6 is 0 Å². The Bertz CT molecular complexity index is 526. The van der Waals surface area contributed by atoms with Gasteiger partial charge in [0.2, 0.25) is 11.5 Å². The zero-order valence-electron chi connectivity index (χ0n) is 7.87. The number of anilines is 1. The summed E-state index contributed by atoms with van der Waals surface area (Å²) in [6.07, 6.45) is 0. The highest BCUT2D eigenvalue weighted by Gasteiger charge is 2.13. The van der Waals surface area contributed by atoms with Crippen LogP contribution in [0.2, 0.25) is 0 Å². The SMILES string of the molecule is CC(C)c1nc2noc(N)c2c(=O)[nH]1. The molecule has 74 valence electrons. The Morgan fingerprint density at radius 1 is 1.50 bits per heavy atom. The molecule has 0 aliphatic rings. The smallest absolute Gasteiger partial charge is 0.266 e. The lowest BCUT2D eigenvalue weighted by atomic mass is 10.2. The summed E-state index contributed by atoms with van der Waals surface area (Å²) < 4.78 is 4.68. The zero-order chi connectivity index (χ0) is 10.3. The van der Waals surface area contributed by atoms with Gasteiger partial charge in [-0.15, -0.1) is 0 Å². The Morgan fingerprint density at radius 2 is 2.21 bits per heavy atom. The van der Waals surface area contributed by atoms with Crippen LogP contribution in [0.25, 0.3) is 11.0 Å². The van der Waals surface area contributed by atoms with E-state index < -0.39 is 0 Å². The molecule has 0 atom stereocenters. The van der Waals surface area contributed by atoms with Crippen molar-refractivity contribution < 1.29 is 4.52 Å². The molecule has 2 aromatic heterocycles. The highest BCUT2D eigenvalue weighted by atomic mass is 16.5. The van der Waals surface area contributed by atoms with Crippen LogP contribution in [-0.4, -0.2) is 15.1 Å². The molecule has 0 unspecified atom stereocenters. The van der Waals surface area contributed by atoms with Crippen LogP contribution in [-0.2, 0) is 0 Å². The summed E-state index contributed by atoms with van der Waals surface area (Å²) in [7, 11) is 0. The Hall–Kier alpha value is -1.85. The number of nitrogens with two attached hydrogens (primary N) is 1. The van der Waals surface area contributed by atoms with Crippen LogP contribution in [0.1, 0.15) is 25.6 Å². The number of aromatic nitrogens is 3. The van der Waals surface area contributed by atoms with Gasteiger partial charge in [-0.1, -0.05) is 19.0 Å². The second-order valence-electron chi connectivity index (χ2n) is 3.35. The summed E-state index contributed by atoms with van der Waals surface area (Å²) in [6.45, 7) is 3.85. The second-order valence-corrected chi connectivity index (χ2v) is 3.35. The molecular formula is C8H10N4O2. The molecule has 0 aliphatic heterocycles. The lowest BCUT2D eigenvalue weighted by molar-refractivity contribution is 0.443. The van der Waals surface area contributed by atoms with Crippen molar-refractivity contribution in [3.05, 3.63) is 16.2 Å². The van der Waals surface area contributed by atoms with E-state index in [1.807, 2.05) is 13.8 Å². The zero-order valence-corrected chi connectivity index (χ0v) is 7.87. The van der Waals surface area contributed by atoms with Crippen LogP contribution < -0.4 is 11.3 Å². The Balaban J connectivity index is 2.81. The Labute approximate surface area is 79.1 Å². The lowest BCUT2D eigenvalue weighted by Crippen LogP contribution is -2.12. The molecule has 2 aromatic rings. The number of hydrogen-bond donors (Lipinski definition) is 2. The van der Waals surface area contributed by atoms with E-state index in [1.54, 1.807) is 0 Å². The molecule has 3 N–H and O–H groups in total. The number of rotatable bonds is 1. The van der Waals surface area contributed by atoms with E-state index in [1.165, 1.54) is 0 Å². The highest BCUT2D eigenvalue weighted by molar-refractivity contribution is 5.83. The van der Waals surface area contributed by atoms with E-state index >= 15 is 0 Å². The number of H-pyrrole nitrogens is 1. The number of fused-ring (bicyclic) bond motifs is 1. The van der Waals surface area contributed by atoms with Crippen LogP contribution in [0, 0.1) is 0 Å². The third-order valence-corrected chi connectivity index (χ3v) is 1.94. The maximum Gasteiger partial charge on any atom is 0.266 e. The van der Waals surface area contributed by atoms with Gasteiger partial charge in [0, 0.05) is 5.92 Å². The Kier molecular flexibility index (Phi) is 1.77. The first-order valence-corrected chi connectivity index (χ1v) is 4.24. The summed E-state index contributed by atoms with van der Waals surface area (Å²) in [5.41, 5.74) is 5.37. The minimum absolute atomic E-state index is 0.00376. The molecule has 0 fully saturated rings. The van der Waals surface area contributed by atoms with Gasteiger partial charge in [0.25, 0.3) is 5.56 Å². The molecule has 14 heavy (non-hydrogen) atoms. The lowest BCUT2D eigenvalue weighted by Gasteiger charge is -2.01. The summed E-state index contributed by atoms with van der Waals surface area (Å²) in [5, 5.41) is 3.81. The molecule has 0 bridgehead atoms. The molecular weight excluding hydrogens is 184 g/mol. The van der Waals surface area contributed by atoms with Gasteiger partial charge in [0.15, 0.2) is 5.39 Å². The van der Waals surface area contributed by atoms with Gasteiger partial charge >= 0.3 is 0 Å². The second kappa shape index (κ2) is 2.83. The third-order valence-electron chi connectivity index (χ3n) is 1.94. The van der Waals surface area contributed by atoms with Gasteiger partial charge in [-0.2, -0.15) is 0 Å². The molecule has 2 heterocycles. The number of nitrogens with one attached hydrogen (secondary N) is 1. The molecule has 0 radical (unpaired) electrons. The highest BCUT2D eigenvalue weighted by Crippen LogP contribution is 2.15. The van der Waals surface area contributed by atoms with E-state index in [0.717, 1.165) is 0 Å². The number of hydrogen-bond acceptors (Lipinski definition) is 5. The van der Waals surface area contributed by atoms with E-state index in [2.05, 4.69) is 19.6 Å². The van der Waals surface area contributed by atoms with Gasteiger partial charge < -0.3 is 15.2 Å². The standard InChI is InChI=1S/C8H10N4O2/c1-3(2)6-10-7-4(8(13)11-6)5(9)14-12-7/h3H,9H2,1-2H3,(H,10,11,12,13). The first-order chi connectivity index (χ1) is 6.59. The van der Waals surface area contributed by atoms with E-state index in [0.29, 0.717) is 5.82 Å². The maximum absolute atomic E-state index is 11.5. The minimum atomic E-state index is -0.308. The van der Waals surface area contributed by atoms with Gasteiger partial charge in [-0.25, -0.2) is 4.98 Å². The van der Waals surface area contributed by atoms with Crippen molar-refractivity contribution in [1.82, 2.24) is 15.1 Å². The van der Waals surface area contributed by atoms with Crippen molar-refractivity contribution in [3.63, 3.8) is 0 Å². The molecule has 0 saturated carbocycles. The summed E-state index contributed by atoms with van der Waals surface area (Å²) in [5.74, 6) is 0.713. The summed E-state index contributed by atoms with van der Waals surface area (Å²) >= 11 is 0. The van der Waals surface area contributed by atoms with E-state index in [9.17, 15) is 4.79 Å². The number of aromatic amines is 1. The average molecular weight is 194 g/mol. The Morgan fingerprint density at radius 3 is 2.86 bits per heavy atom. The fraction of sp³-hybridized carbons (Fsp3) is 0.375. The molecule has 0 aliphatic carbocycles. The maximum atomic E-state index is 11.5. The first-order valence-electron chi connectivity index (χ1n) is 4.24. The molecule has 0 saturated heterocycles. The minimum Gasteiger partial charge on any atom is -0.367 e. The van der Waals surface area contributed by atoms with Crippen molar-refractivity contribution in [2.45, 2.75) is 19.8 Å². The molecule has 0 amide bonds. The number of nitrogen functional groups attached to an aromatic ring is 1. The topological polar surface area (TPSA) is 97.8 Å². The van der Waals surface area contributed by atoms with E-state index in [4.69, 9.17) is 5.73 Å². The van der Waals surface area contributed by atoms with Gasteiger partial charge in [0.05, 0.1) is 0 Å². The largest absolute Gasteiger partial charge is 0.367 e. The normalized spacial score (nSPS) is 11.4. The molecule has 6 heteroatoms. The van der Waals surface area contributed by atoms with Crippen LogP contribution in [0.5, 0.6) is 0 Å². The first kappa shape index (κ1) is 8.74. The van der Waals surface area contributed by atoms with E-state index in [-0.39, 0.29) is 28.4 Å². The van der Waals surface area contributed by atoms with Gasteiger partial charge in [0.1, 0.15) is 5.82 Å². The average Bonchev–Trinajstić information content (AvgIpc) is 2.48. The quantitative estimate of drug-likeness (QED) is 0.693. The predicted octanol–water partition coefficient (Wildman–Crippen LogP) is 0.617. The molecule has 2 rings (SSSR count). The van der Waals surface area contributed by atoms with Crippen LogP contribution in [0.4, 0.5) is 5.88 Å². The van der Waals surface area contributed by atoms with Gasteiger partial charge in [-0.05, 0) is 0 Å². The molecule has 0 aromatic carbocycles. The predicted molar refractivity (Wildman–Crippen MR) is 50.9 cm³/mol. The molecule has 0 spiro atoms. The monoisotopic (exact) mass is 194 g/mol. The third kappa shape index (κ3) is 1.15. The van der Waals surface area contributed by atoms with Gasteiger partial charge in [-0.3, -0.25) is 4.79 Å². The fourth-order valence-electron chi connectivity index (χ4n) is 1.18.